The molecule has 0 radical (unpaired) electrons. The van der Waals surface area contributed by atoms with Gasteiger partial charge in [-0.3, -0.25) is 4.99 Å². The molecule has 0 amide bonds. The van der Waals surface area contributed by atoms with Crippen molar-refractivity contribution in [3.05, 3.63) is 0 Å². The van der Waals surface area contributed by atoms with Crippen LogP contribution in [0.15, 0.2) is 4.99 Å². The Balaban J connectivity index is 1.96. The minimum absolute atomic E-state index is 0.426. The van der Waals surface area contributed by atoms with Crippen LogP contribution in [0, 0.1) is 0 Å². The molecule has 1 aliphatic carbocycles. The highest BCUT2D eigenvalue weighted by atomic mass is 32.2. The van der Waals surface area contributed by atoms with Crippen molar-refractivity contribution in [3.8, 4) is 0 Å². The Bertz CT molecular complexity index is 240. The smallest absolute Gasteiger partial charge is 0.157 e. The van der Waals surface area contributed by atoms with Gasteiger partial charge in [-0.15, -0.1) is 0 Å². The standard InChI is InChI=1S/C12H22N2S/c1-3-10(4-2)13-11-14-12(9-15-11)7-5-6-8-12/h10H,3-9H2,1-2H3,(H,13,14). The fourth-order valence-electron chi connectivity index (χ4n) is 2.53. The molecule has 0 unspecified atom stereocenters. The maximum atomic E-state index is 4.80. The molecule has 1 aliphatic heterocycles. The van der Waals surface area contributed by atoms with Crippen molar-refractivity contribution < 1.29 is 0 Å². The summed E-state index contributed by atoms with van der Waals surface area (Å²) in [6.07, 6.45) is 7.81. The lowest BCUT2D eigenvalue weighted by molar-refractivity contribution is 0.451. The molecular weight excluding hydrogens is 204 g/mol. The van der Waals surface area contributed by atoms with Crippen LogP contribution in [-0.2, 0) is 0 Å². The molecular formula is C12H22N2S. The van der Waals surface area contributed by atoms with Crippen LogP contribution in [-0.4, -0.2) is 22.5 Å². The average Bonchev–Trinajstić information content (AvgIpc) is 2.87. The summed E-state index contributed by atoms with van der Waals surface area (Å²) in [6.45, 7) is 4.45. The molecule has 0 aromatic carbocycles. The second-order valence-corrected chi connectivity index (χ2v) is 5.77. The van der Waals surface area contributed by atoms with Gasteiger partial charge in [-0.05, 0) is 25.7 Å². The Morgan fingerprint density at radius 1 is 1.33 bits per heavy atom. The molecule has 2 fully saturated rings. The van der Waals surface area contributed by atoms with Crippen LogP contribution in [0.3, 0.4) is 0 Å². The Morgan fingerprint density at radius 2 is 2.00 bits per heavy atom. The first-order valence-electron chi connectivity index (χ1n) is 6.27. The van der Waals surface area contributed by atoms with E-state index in [1.807, 2.05) is 11.8 Å². The Kier molecular flexibility index (Phi) is 3.60. The normalized spacial score (nSPS) is 26.7. The lowest BCUT2D eigenvalue weighted by atomic mass is 10.0. The zero-order valence-corrected chi connectivity index (χ0v) is 10.7. The van der Waals surface area contributed by atoms with E-state index >= 15 is 0 Å². The zero-order chi connectivity index (χ0) is 10.7. The summed E-state index contributed by atoms with van der Waals surface area (Å²) in [5, 5.41) is 4.89. The molecule has 0 aromatic heterocycles. The van der Waals surface area contributed by atoms with Crippen molar-refractivity contribution in [2.75, 3.05) is 5.75 Å². The number of thioether (sulfide) groups is 1. The van der Waals surface area contributed by atoms with Gasteiger partial charge < -0.3 is 5.32 Å². The molecule has 1 saturated carbocycles. The lowest BCUT2D eigenvalue weighted by Gasteiger charge is -2.22. The fourth-order valence-corrected chi connectivity index (χ4v) is 3.82. The molecule has 3 heteroatoms. The van der Waals surface area contributed by atoms with Crippen molar-refractivity contribution in [1.82, 2.24) is 5.32 Å². The molecule has 2 aliphatic rings. The van der Waals surface area contributed by atoms with Crippen LogP contribution in [0.2, 0.25) is 0 Å². The number of hydrogen-bond acceptors (Lipinski definition) is 2. The molecule has 1 saturated heterocycles. The highest BCUT2D eigenvalue weighted by Crippen LogP contribution is 2.37. The summed E-state index contributed by atoms with van der Waals surface area (Å²) in [4.78, 5) is 4.80. The average molecular weight is 226 g/mol. The van der Waals surface area contributed by atoms with Crippen LogP contribution < -0.4 is 5.32 Å². The summed E-state index contributed by atoms with van der Waals surface area (Å²) in [7, 11) is 0. The van der Waals surface area contributed by atoms with Gasteiger partial charge in [-0.2, -0.15) is 0 Å². The van der Waals surface area contributed by atoms with Crippen LogP contribution in [0.5, 0.6) is 0 Å². The Morgan fingerprint density at radius 3 is 2.60 bits per heavy atom. The molecule has 0 atom stereocenters. The van der Waals surface area contributed by atoms with Crippen molar-refractivity contribution in [3.63, 3.8) is 0 Å². The second-order valence-electron chi connectivity index (χ2n) is 4.81. The van der Waals surface area contributed by atoms with E-state index in [9.17, 15) is 0 Å². The van der Waals surface area contributed by atoms with Gasteiger partial charge in [0.05, 0.1) is 6.04 Å². The van der Waals surface area contributed by atoms with E-state index in [1.165, 1.54) is 36.6 Å². The van der Waals surface area contributed by atoms with Crippen LogP contribution in [0.1, 0.15) is 52.4 Å². The quantitative estimate of drug-likeness (QED) is 0.799. The lowest BCUT2D eigenvalue weighted by Crippen LogP contribution is -2.40. The summed E-state index contributed by atoms with van der Waals surface area (Å²) in [5.41, 5.74) is 0.426. The molecule has 86 valence electrons. The zero-order valence-electron chi connectivity index (χ0n) is 9.88. The Labute approximate surface area is 97.3 Å². The molecule has 1 N–H and O–H groups in total. The van der Waals surface area contributed by atoms with Gasteiger partial charge in [0.1, 0.15) is 0 Å². The van der Waals surface area contributed by atoms with Crippen LogP contribution in [0.25, 0.3) is 0 Å². The third-order valence-corrected chi connectivity index (χ3v) is 4.84. The van der Waals surface area contributed by atoms with E-state index in [0.717, 1.165) is 12.8 Å². The van der Waals surface area contributed by atoms with E-state index in [0.29, 0.717) is 11.6 Å². The number of amidine groups is 1. The SMILES string of the molecule is CCC(CC)N=C1NC2(CCCC2)CS1. The van der Waals surface area contributed by atoms with Crippen molar-refractivity contribution >= 4 is 16.9 Å². The van der Waals surface area contributed by atoms with Crippen molar-refractivity contribution in [2.24, 2.45) is 4.99 Å². The van der Waals surface area contributed by atoms with E-state index in [2.05, 4.69) is 19.2 Å². The maximum absolute atomic E-state index is 4.80. The molecule has 1 heterocycles. The number of aliphatic imine (C=N–C) groups is 1. The monoisotopic (exact) mass is 226 g/mol. The number of nitrogens with one attached hydrogen (secondary N) is 1. The second kappa shape index (κ2) is 4.77. The van der Waals surface area contributed by atoms with Crippen molar-refractivity contribution in [2.45, 2.75) is 64.0 Å². The first-order chi connectivity index (χ1) is 7.28. The van der Waals surface area contributed by atoms with Gasteiger partial charge in [-0.25, -0.2) is 0 Å². The molecule has 0 bridgehead atoms. The number of hydrogen-bond donors (Lipinski definition) is 1. The minimum atomic E-state index is 0.426. The van der Waals surface area contributed by atoms with E-state index in [4.69, 9.17) is 4.99 Å². The fraction of sp³-hybridized carbons (Fsp3) is 0.917. The molecule has 2 rings (SSSR count). The van der Waals surface area contributed by atoms with Gasteiger partial charge in [0.15, 0.2) is 5.17 Å². The summed E-state index contributed by atoms with van der Waals surface area (Å²) >= 11 is 1.94. The van der Waals surface area contributed by atoms with Crippen LogP contribution >= 0.6 is 11.8 Å². The topological polar surface area (TPSA) is 24.4 Å². The molecule has 15 heavy (non-hydrogen) atoms. The third kappa shape index (κ3) is 2.49. The highest BCUT2D eigenvalue weighted by Gasteiger charge is 2.39. The Hall–Kier alpha value is -0.180. The van der Waals surface area contributed by atoms with Gasteiger partial charge in [0.25, 0.3) is 0 Å². The first-order valence-corrected chi connectivity index (χ1v) is 7.25. The predicted molar refractivity (Wildman–Crippen MR) is 68.6 cm³/mol. The number of nitrogens with zero attached hydrogens (tertiary/aromatic N) is 1. The van der Waals surface area contributed by atoms with Gasteiger partial charge in [0, 0.05) is 11.3 Å². The van der Waals surface area contributed by atoms with E-state index < -0.39 is 0 Å². The number of rotatable bonds is 3. The molecule has 1 spiro atoms. The van der Waals surface area contributed by atoms with E-state index in [1.54, 1.807) is 0 Å². The summed E-state index contributed by atoms with van der Waals surface area (Å²) in [6, 6.07) is 0.525. The third-order valence-electron chi connectivity index (χ3n) is 3.66. The minimum Gasteiger partial charge on any atom is -0.359 e. The predicted octanol–water partition coefficient (Wildman–Crippen LogP) is 3.18. The van der Waals surface area contributed by atoms with Gasteiger partial charge in [0.2, 0.25) is 0 Å². The van der Waals surface area contributed by atoms with Gasteiger partial charge >= 0.3 is 0 Å². The molecule has 2 nitrogen and oxygen atoms in total. The van der Waals surface area contributed by atoms with Gasteiger partial charge in [-0.1, -0.05) is 38.5 Å². The summed E-state index contributed by atoms with van der Waals surface area (Å²) < 4.78 is 0. The van der Waals surface area contributed by atoms with Crippen LogP contribution in [0.4, 0.5) is 0 Å². The molecule has 0 aromatic rings. The van der Waals surface area contributed by atoms with E-state index in [-0.39, 0.29) is 0 Å². The van der Waals surface area contributed by atoms with Crippen molar-refractivity contribution in [1.29, 1.82) is 0 Å². The summed E-state index contributed by atoms with van der Waals surface area (Å²) in [5.74, 6) is 1.24. The first kappa shape index (κ1) is 11.3. The maximum Gasteiger partial charge on any atom is 0.157 e. The highest BCUT2D eigenvalue weighted by molar-refractivity contribution is 8.14. The largest absolute Gasteiger partial charge is 0.359 e.